The van der Waals surface area contributed by atoms with Gasteiger partial charge in [0.05, 0.1) is 16.0 Å². The molecule has 18 heavy (non-hydrogen) atoms. The third kappa shape index (κ3) is 2.69. The fraction of sp³-hybridized carbons (Fsp3) is 0.500. The number of rotatable bonds is 5. The van der Waals surface area contributed by atoms with Crippen molar-refractivity contribution < 1.29 is 9.66 Å². The smallest absolute Gasteiger partial charge is 0.312 e. The second-order valence-electron chi connectivity index (χ2n) is 4.62. The number of alkyl halides is 1. The van der Waals surface area contributed by atoms with E-state index in [2.05, 4.69) is 31.9 Å². The summed E-state index contributed by atoms with van der Waals surface area (Å²) in [6, 6.07) is 4.85. The molecule has 1 aromatic rings. The van der Waals surface area contributed by atoms with Crippen molar-refractivity contribution in [1.82, 2.24) is 0 Å². The second kappa shape index (κ2) is 5.57. The summed E-state index contributed by atoms with van der Waals surface area (Å²) in [4.78, 5) is 10.5. The van der Waals surface area contributed by atoms with E-state index < -0.39 is 4.92 Å². The number of nitrogens with zero attached hydrogens (tertiary/aromatic N) is 1. The Labute approximate surface area is 122 Å². The Morgan fingerprint density at radius 1 is 1.44 bits per heavy atom. The van der Waals surface area contributed by atoms with Crippen molar-refractivity contribution >= 4 is 37.5 Å². The highest BCUT2D eigenvalue weighted by molar-refractivity contribution is 9.10. The maximum absolute atomic E-state index is 10.9. The molecule has 0 radical (unpaired) electrons. The molecule has 0 heterocycles. The third-order valence-corrected chi connectivity index (χ3v) is 5.18. The summed E-state index contributed by atoms with van der Waals surface area (Å²) in [6.45, 7) is 0.516. The molecule has 0 aromatic heterocycles. The first-order valence-corrected chi connectivity index (χ1v) is 7.61. The number of hydrogen-bond donors (Lipinski definition) is 0. The Kier molecular flexibility index (Phi) is 4.27. The van der Waals surface area contributed by atoms with Gasteiger partial charge in [-0.25, -0.2) is 0 Å². The van der Waals surface area contributed by atoms with Crippen LogP contribution in [0.5, 0.6) is 5.75 Å². The van der Waals surface area contributed by atoms with Gasteiger partial charge < -0.3 is 4.74 Å². The van der Waals surface area contributed by atoms with Crippen molar-refractivity contribution in [2.75, 3.05) is 11.9 Å². The minimum absolute atomic E-state index is 0.00780. The van der Waals surface area contributed by atoms with Gasteiger partial charge in [0.15, 0.2) is 0 Å². The van der Waals surface area contributed by atoms with Crippen LogP contribution >= 0.6 is 31.9 Å². The summed E-state index contributed by atoms with van der Waals surface area (Å²) in [5, 5.41) is 11.8. The van der Waals surface area contributed by atoms with E-state index in [1.54, 1.807) is 12.1 Å². The zero-order valence-corrected chi connectivity index (χ0v) is 12.9. The van der Waals surface area contributed by atoms with E-state index in [-0.39, 0.29) is 11.1 Å². The number of halogens is 2. The lowest BCUT2D eigenvalue weighted by atomic mass is 9.71. The molecule has 98 valence electrons. The maximum atomic E-state index is 10.9. The molecule has 0 amide bonds. The van der Waals surface area contributed by atoms with Gasteiger partial charge in [-0.2, -0.15) is 0 Å². The average Bonchev–Trinajstić information content (AvgIpc) is 2.29. The van der Waals surface area contributed by atoms with E-state index in [1.165, 1.54) is 12.5 Å². The van der Waals surface area contributed by atoms with E-state index in [4.69, 9.17) is 4.74 Å². The zero-order valence-electron chi connectivity index (χ0n) is 9.70. The first kappa shape index (κ1) is 13.8. The molecule has 0 aliphatic heterocycles. The van der Waals surface area contributed by atoms with Crippen molar-refractivity contribution in [2.45, 2.75) is 19.3 Å². The van der Waals surface area contributed by atoms with Gasteiger partial charge in [0.1, 0.15) is 0 Å². The summed E-state index contributed by atoms with van der Waals surface area (Å²) in [5.74, 6) is 0.328. The third-order valence-electron chi connectivity index (χ3n) is 3.36. The van der Waals surface area contributed by atoms with E-state index >= 15 is 0 Å². The van der Waals surface area contributed by atoms with Gasteiger partial charge in [0.2, 0.25) is 5.75 Å². The molecule has 0 spiro atoms. The zero-order chi connectivity index (χ0) is 13.2. The lowest BCUT2D eigenvalue weighted by molar-refractivity contribution is -0.386. The maximum Gasteiger partial charge on any atom is 0.312 e. The van der Waals surface area contributed by atoms with Crippen LogP contribution in [0.4, 0.5) is 5.69 Å². The number of ether oxygens (including phenoxy) is 1. The fourth-order valence-corrected chi connectivity index (χ4v) is 3.20. The number of para-hydroxylation sites is 1. The summed E-state index contributed by atoms with van der Waals surface area (Å²) in [5.41, 5.74) is 0.150. The Balaban J connectivity index is 2.15. The molecule has 1 saturated carbocycles. The monoisotopic (exact) mass is 377 g/mol. The van der Waals surface area contributed by atoms with Gasteiger partial charge in [-0.1, -0.05) is 28.4 Å². The number of benzene rings is 1. The molecule has 0 atom stereocenters. The predicted molar refractivity (Wildman–Crippen MR) is 76.4 cm³/mol. The van der Waals surface area contributed by atoms with Gasteiger partial charge in [-0.15, -0.1) is 0 Å². The molecule has 0 bridgehead atoms. The molecule has 0 N–H and O–H groups in total. The van der Waals surface area contributed by atoms with Crippen LogP contribution in [0, 0.1) is 15.5 Å². The molecule has 2 rings (SSSR count). The lowest BCUT2D eigenvalue weighted by Crippen LogP contribution is -2.37. The quantitative estimate of drug-likeness (QED) is 0.436. The standard InChI is InChI=1S/C12H13Br2NO3/c13-7-12(5-2-6-12)8-18-11-9(14)3-1-4-10(11)15(16)17/h1,3-4H,2,5-8H2. The van der Waals surface area contributed by atoms with Crippen LogP contribution in [0.1, 0.15) is 19.3 Å². The highest BCUT2D eigenvalue weighted by Gasteiger charge is 2.37. The number of nitro benzene ring substituents is 1. The van der Waals surface area contributed by atoms with Gasteiger partial charge in [-0.3, -0.25) is 10.1 Å². The Bertz CT molecular complexity index is 455. The Morgan fingerprint density at radius 2 is 2.17 bits per heavy atom. The molecule has 4 nitrogen and oxygen atoms in total. The van der Waals surface area contributed by atoms with Crippen molar-refractivity contribution in [2.24, 2.45) is 5.41 Å². The van der Waals surface area contributed by atoms with Crippen molar-refractivity contribution in [1.29, 1.82) is 0 Å². The molecule has 0 unspecified atom stereocenters. The van der Waals surface area contributed by atoms with Crippen LogP contribution in [-0.2, 0) is 0 Å². The topological polar surface area (TPSA) is 52.4 Å². The van der Waals surface area contributed by atoms with Crippen LogP contribution in [0.25, 0.3) is 0 Å². The van der Waals surface area contributed by atoms with E-state index in [0.29, 0.717) is 16.8 Å². The van der Waals surface area contributed by atoms with Crippen molar-refractivity contribution in [3.8, 4) is 5.75 Å². The predicted octanol–water partition coefficient (Wildman–Crippen LogP) is 4.30. The molecule has 1 fully saturated rings. The molecular formula is C12H13Br2NO3. The van der Waals surface area contributed by atoms with Crippen LogP contribution in [0.3, 0.4) is 0 Å². The first-order valence-electron chi connectivity index (χ1n) is 5.70. The molecule has 0 saturated heterocycles. The number of hydrogen-bond acceptors (Lipinski definition) is 3. The highest BCUT2D eigenvalue weighted by Crippen LogP contribution is 2.44. The van der Waals surface area contributed by atoms with Crippen molar-refractivity contribution in [3.05, 3.63) is 32.8 Å². The van der Waals surface area contributed by atoms with Crippen molar-refractivity contribution in [3.63, 3.8) is 0 Å². The SMILES string of the molecule is O=[N+]([O-])c1cccc(Br)c1OCC1(CBr)CCC1. The molecule has 6 heteroatoms. The lowest BCUT2D eigenvalue weighted by Gasteiger charge is -2.39. The van der Waals surface area contributed by atoms with Gasteiger partial charge >= 0.3 is 5.69 Å². The summed E-state index contributed by atoms with van der Waals surface area (Å²) >= 11 is 6.80. The minimum Gasteiger partial charge on any atom is -0.485 e. The van der Waals surface area contributed by atoms with Gasteiger partial charge in [0, 0.05) is 16.8 Å². The van der Waals surface area contributed by atoms with E-state index in [1.807, 2.05) is 0 Å². The average molecular weight is 379 g/mol. The second-order valence-corrected chi connectivity index (χ2v) is 6.04. The number of nitro groups is 1. The fourth-order valence-electron chi connectivity index (χ4n) is 2.00. The molecule has 1 aliphatic carbocycles. The molecular weight excluding hydrogens is 366 g/mol. The normalized spacial score (nSPS) is 17.0. The summed E-state index contributed by atoms with van der Waals surface area (Å²) in [6.07, 6.45) is 3.42. The largest absolute Gasteiger partial charge is 0.485 e. The van der Waals surface area contributed by atoms with E-state index in [0.717, 1.165) is 18.2 Å². The molecule has 1 aliphatic rings. The molecule has 1 aromatic carbocycles. The summed E-state index contributed by atoms with van der Waals surface area (Å²) < 4.78 is 6.33. The van der Waals surface area contributed by atoms with Gasteiger partial charge in [0.25, 0.3) is 0 Å². The minimum atomic E-state index is -0.415. The highest BCUT2D eigenvalue weighted by atomic mass is 79.9. The van der Waals surface area contributed by atoms with E-state index in [9.17, 15) is 10.1 Å². The van der Waals surface area contributed by atoms with Crippen LogP contribution in [0.2, 0.25) is 0 Å². The first-order chi connectivity index (χ1) is 8.58. The van der Waals surface area contributed by atoms with Crippen LogP contribution in [-0.4, -0.2) is 16.9 Å². The Hall–Kier alpha value is -0.620. The van der Waals surface area contributed by atoms with Crippen LogP contribution in [0.15, 0.2) is 22.7 Å². The summed E-state index contributed by atoms with van der Waals surface area (Å²) in [7, 11) is 0. The van der Waals surface area contributed by atoms with Gasteiger partial charge in [-0.05, 0) is 34.8 Å². The Morgan fingerprint density at radius 3 is 2.67 bits per heavy atom. The van der Waals surface area contributed by atoms with Crippen LogP contribution < -0.4 is 4.74 Å².